The third kappa shape index (κ3) is 32.7. The molecule has 0 aliphatic rings. The first kappa shape index (κ1) is 9.18. The largest absolute Gasteiger partial charge is 2.00 e. The zero-order valence-corrected chi connectivity index (χ0v) is 2.77. The van der Waals surface area contributed by atoms with Crippen LogP contribution in [0.2, 0.25) is 0 Å². The van der Waals surface area contributed by atoms with Gasteiger partial charge in [-0.2, -0.15) is 5.26 Å². The molecule has 0 atom stereocenters. The molecular formula is CH2CuN2+2. The van der Waals surface area contributed by atoms with Crippen LogP contribution in [0, 0.1) is 11.5 Å². The molecule has 3 heteroatoms. The Morgan fingerprint density at radius 1 is 1.75 bits per heavy atom. The van der Waals surface area contributed by atoms with Gasteiger partial charge in [0.05, 0.1) is 0 Å². The Kier molecular flexibility index (Phi) is 32.2. The van der Waals surface area contributed by atoms with E-state index in [-0.39, 0.29) is 17.1 Å². The Hall–Kier alpha value is -0.191. The van der Waals surface area contributed by atoms with Crippen LogP contribution in [0.15, 0.2) is 0 Å². The van der Waals surface area contributed by atoms with Gasteiger partial charge in [0.1, 0.15) is 0 Å². The van der Waals surface area contributed by atoms with Gasteiger partial charge in [0, 0.05) is 0 Å². The minimum atomic E-state index is 0. The first-order valence-electron chi connectivity index (χ1n) is 0.512. The van der Waals surface area contributed by atoms with Gasteiger partial charge in [0.25, 0.3) is 0 Å². The predicted octanol–water partition coefficient (Wildman–Crippen LogP) is -0.576. The van der Waals surface area contributed by atoms with Crippen molar-refractivity contribution in [2.75, 3.05) is 0 Å². The molecule has 0 bridgehead atoms. The maximum Gasteiger partial charge on any atom is 2.00 e. The monoisotopic (exact) mass is 105 g/mol. The second-order valence-corrected chi connectivity index (χ2v) is 0.129. The zero-order valence-electron chi connectivity index (χ0n) is 1.83. The summed E-state index contributed by atoms with van der Waals surface area (Å²) in [5, 5.41) is 7.10. The number of nitrogens with two attached hydrogens (primary N) is 1. The van der Waals surface area contributed by atoms with Crippen LogP contribution >= 0.6 is 0 Å². The minimum Gasteiger partial charge on any atom is -0.337 e. The fourth-order valence-corrected chi connectivity index (χ4v) is 0. The van der Waals surface area contributed by atoms with Gasteiger partial charge in [-0.25, -0.2) is 0 Å². The predicted molar refractivity (Wildman–Crippen MR) is 9.80 cm³/mol. The van der Waals surface area contributed by atoms with Crippen molar-refractivity contribution in [3.8, 4) is 6.19 Å². The molecule has 0 saturated carbocycles. The van der Waals surface area contributed by atoms with E-state index in [1.807, 2.05) is 0 Å². The van der Waals surface area contributed by atoms with Gasteiger partial charge >= 0.3 is 17.1 Å². The number of hydrogen-bond donors (Lipinski definition) is 1. The summed E-state index contributed by atoms with van der Waals surface area (Å²) in [6, 6.07) is 0. The Morgan fingerprint density at radius 3 is 1.75 bits per heavy atom. The van der Waals surface area contributed by atoms with Crippen molar-refractivity contribution in [1.82, 2.24) is 0 Å². The number of nitriles is 1. The third-order valence-electron chi connectivity index (χ3n) is 0. The Balaban J connectivity index is 0. The SMILES string of the molecule is N#CN.[Cu+2]. The van der Waals surface area contributed by atoms with Crippen LogP contribution in [0.4, 0.5) is 0 Å². The minimum absolute atomic E-state index is 0. The first-order chi connectivity index (χ1) is 1.41. The van der Waals surface area contributed by atoms with Gasteiger partial charge < -0.3 is 5.73 Å². The van der Waals surface area contributed by atoms with E-state index in [2.05, 4.69) is 5.73 Å². The van der Waals surface area contributed by atoms with E-state index in [0.29, 0.717) is 0 Å². The van der Waals surface area contributed by atoms with Crippen molar-refractivity contribution in [1.29, 1.82) is 5.26 Å². The molecule has 0 aromatic carbocycles. The second kappa shape index (κ2) is 14.0. The van der Waals surface area contributed by atoms with Crippen LogP contribution in [0.1, 0.15) is 0 Å². The molecule has 0 aromatic rings. The van der Waals surface area contributed by atoms with E-state index >= 15 is 0 Å². The summed E-state index contributed by atoms with van der Waals surface area (Å²) in [7, 11) is 0. The van der Waals surface area contributed by atoms with E-state index in [1.54, 1.807) is 0 Å². The number of rotatable bonds is 0. The molecule has 2 nitrogen and oxygen atoms in total. The van der Waals surface area contributed by atoms with E-state index in [1.165, 1.54) is 6.19 Å². The van der Waals surface area contributed by atoms with Crippen molar-refractivity contribution >= 4 is 0 Å². The van der Waals surface area contributed by atoms with Crippen LogP contribution in [0.5, 0.6) is 0 Å². The molecule has 0 unspecified atom stereocenters. The molecule has 0 heterocycles. The van der Waals surface area contributed by atoms with Gasteiger partial charge in [0.2, 0.25) is 0 Å². The summed E-state index contributed by atoms with van der Waals surface area (Å²) in [5.41, 5.74) is 4.15. The molecule has 25 valence electrons. The Morgan fingerprint density at radius 2 is 1.75 bits per heavy atom. The Bertz CT molecular complexity index is 27.5. The van der Waals surface area contributed by atoms with Crippen molar-refractivity contribution in [3.63, 3.8) is 0 Å². The van der Waals surface area contributed by atoms with Gasteiger partial charge in [-0.1, -0.05) is 0 Å². The summed E-state index contributed by atoms with van der Waals surface area (Å²) in [5.74, 6) is 0. The van der Waals surface area contributed by atoms with Crippen LogP contribution in [0.3, 0.4) is 0 Å². The molecule has 0 saturated heterocycles. The fourth-order valence-electron chi connectivity index (χ4n) is 0. The van der Waals surface area contributed by atoms with Crippen LogP contribution in [-0.4, -0.2) is 0 Å². The van der Waals surface area contributed by atoms with E-state index in [9.17, 15) is 0 Å². The maximum atomic E-state index is 7.10. The van der Waals surface area contributed by atoms with E-state index in [4.69, 9.17) is 5.26 Å². The molecule has 0 rings (SSSR count). The van der Waals surface area contributed by atoms with Gasteiger partial charge in [-0.05, 0) is 0 Å². The van der Waals surface area contributed by atoms with Crippen molar-refractivity contribution in [3.05, 3.63) is 0 Å². The molecule has 1 radical (unpaired) electrons. The van der Waals surface area contributed by atoms with Crippen LogP contribution in [-0.2, 0) is 17.1 Å². The van der Waals surface area contributed by atoms with Crippen LogP contribution in [0.25, 0.3) is 0 Å². The summed E-state index contributed by atoms with van der Waals surface area (Å²) in [4.78, 5) is 0. The average molecular weight is 106 g/mol. The maximum absolute atomic E-state index is 7.10. The topological polar surface area (TPSA) is 49.8 Å². The smallest absolute Gasteiger partial charge is 0.337 e. The van der Waals surface area contributed by atoms with Gasteiger partial charge in [-0.3, -0.25) is 0 Å². The average Bonchev–Trinajstić information content (AvgIpc) is 0.918. The van der Waals surface area contributed by atoms with E-state index in [0.717, 1.165) is 0 Å². The number of nitrogens with zero attached hydrogens (tertiary/aromatic N) is 1. The van der Waals surface area contributed by atoms with E-state index < -0.39 is 0 Å². The molecule has 0 aromatic heterocycles. The second-order valence-electron chi connectivity index (χ2n) is 0.129. The third-order valence-corrected chi connectivity index (χ3v) is 0. The molecule has 0 amide bonds. The first-order valence-corrected chi connectivity index (χ1v) is 0.512. The van der Waals surface area contributed by atoms with Crippen molar-refractivity contribution in [2.24, 2.45) is 5.73 Å². The summed E-state index contributed by atoms with van der Waals surface area (Å²) >= 11 is 0. The quantitative estimate of drug-likeness (QED) is 0.255. The molecule has 0 aliphatic heterocycles. The van der Waals surface area contributed by atoms with Crippen molar-refractivity contribution < 1.29 is 17.1 Å². The molecule has 0 aliphatic carbocycles. The molecular weight excluding hydrogens is 104 g/mol. The molecule has 2 N–H and O–H groups in total. The molecule has 0 spiro atoms. The number of hydrogen-bond acceptors (Lipinski definition) is 2. The van der Waals surface area contributed by atoms with Crippen molar-refractivity contribution in [2.45, 2.75) is 0 Å². The summed E-state index contributed by atoms with van der Waals surface area (Å²) < 4.78 is 0. The normalized spacial score (nSPS) is 1.75. The van der Waals surface area contributed by atoms with Gasteiger partial charge in [-0.15, -0.1) is 0 Å². The standard InChI is InChI=1S/CH2N2.Cu/c2-1-3;/h2H2;/q;+2. The molecule has 4 heavy (non-hydrogen) atoms. The summed E-state index contributed by atoms with van der Waals surface area (Å²) in [6.07, 6.45) is 1.25. The molecule has 0 fully saturated rings. The van der Waals surface area contributed by atoms with Gasteiger partial charge in [0.15, 0.2) is 6.19 Å². The van der Waals surface area contributed by atoms with Crippen LogP contribution < -0.4 is 5.73 Å². The summed E-state index contributed by atoms with van der Waals surface area (Å²) in [6.45, 7) is 0. The fraction of sp³-hybridized carbons (Fsp3) is 0. The Labute approximate surface area is 35.1 Å². The zero-order chi connectivity index (χ0) is 2.71.